The maximum Gasteiger partial charge on any atom is 0.314 e. The van der Waals surface area contributed by atoms with Crippen LogP contribution in [0.5, 0.6) is 11.6 Å². The van der Waals surface area contributed by atoms with Gasteiger partial charge in [-0.05, 0) is 44.1 Å². The highest BCUT2D eigenvalue weighted by Gasteiger charge is 2.27. The first-order valence-corrected chi connectivity index (χ1v) is 12.8. The van der Waals surface area contributed by atoms with Gasteiger partial charge in [-0.3, -0.25) is 4.79 Å². The maximum absolute atomic E-state index is 12.6. The van der Waals surface area contributed by atoms with E-state index in [1.165, 1.54) is 44.9 Å². The Hall–Kier alpha value is -2.50. The van der Waals surface area contributed by atoms with Gasteiger partial charge in [0.1, 0.15) is 0 Å². The third kappa shape index (κ3) is 8.41. The first-order valence-electron chi connectivity index (χ1n) is 12.8. The van der Waals surface area contributed by atoms with Crippen LogP contribution >= 0.6 is 0 Å². The molecule has 0 bridgehead atoms. The van der Waals surface area contributed by atoms with Gasteiger partial charge in [0.25, 0.3) is 0 Å². The van der Waals surface area contributed by atoms with Crippen LogP contribution in [0.15, 0.2) is 30.7 Å². The van der Waals surface area contributed by atoms with Crippen molar-refractivity contribution < 1.29 is 14.3 Å². The van der Waals surface area contributed by atoms with Crippen molar-refractivity contribution in [2.75, 3.05) is 6.61 Å². The average Bonchev–Trinajstić information content (AvgIpc) is 2.85. The normalized spacial score (nSPS) is 18.1. The van der Waals surface area contributed by atoms with Crippen LogP contribution in [0.2, 0.25) is 0 Å². The van der Waals surface area contributed by atoms with E-state index in [0.717, 1.165) is 43.6 Å². The van der Waals surface area contributed by atoms with Crippen molar-refractivity contribution in [1.29, 1.82) is 0 Å². The molecule has 1 saturated carbocycles. The van der Waals surface area contributed by atoms with Gasteiger partial charge in [-0.2, -0.15) is 0 Å². The summed E-state index contributed by atoms with van der Waals surface area (Å²) in [6, 6.07) is 3.74. The molecule has 0 aromatic carbocycles. The van der Waals surface area contributed by atoms with Crippen molar-refractivity contribution in [2.45, 2.75) is 90.9 Å². The van der Waals surface area contributed by atoms with Gasteiger partial charge >= 0.3 is 5.97 Å². The van der Waals surface area contributed by atoms with E-state index in [9.17, 15) is 4.79 Å². The number of hydrogen-bond donors (Lipinski definition) is 0. The van der Waals surface area contributed by atoms with Gasteiger partial charge in [0.2, 0.25) is 5.88 Å². The predicted molar refractivity (Wildman–Crippen MR) is 130 cm³/mol. The lowest BCUT2D eigenvalue weighted by Gasteiger charge is -2.27. The molecule has 0 amide bonds. The lowest BCUT2D eigenvalue weighted by atomic mass is 9.80. The zero-order chi connectivity index (χ0) is 23.3. The molecule has 0 spiro atoms. The van der Waals surface area contributed by atoms with E-state index in [2.05, 4.69) is 28.8 Å². The van der Waals surface area contributed by atoms with Crippen LogP contribution in [-0.2, 0) is 4.79 Å². The number of hydrogen-bond acceptors (Lipinski definition) is 6. The molecular formula is C27H39N3O3. The Kier molecular flexibility index (Phi) is 10.6. The lowest BCUT2D eigenvalue weighted by molar-refractivity contribution is -0.140. The van der Waals surface area contributed by atoms with Crippen molar-refractivity contribution >= 4 is 5.97 Å². The topological polar surface area (TPSA) is 74.2 Å². The summed E-state index contributed by atoms with van der Waals surface area (Å²) < 4.78 is 11.3. The van der Waals surface area contributed by atoms with Crippen LogP contribution in [0.3, 0.4) is 0 Å². The molecule has 0 unspecified atom stereocenters. The number of unbranched alkanes of at least 4 members (excludes halogenated alkanes) is 5. The Morgan fingerprint density at radius 1 is 0.879 bits per heavy atom. The number of carbonyl (C=O) groups excluding carboxylic acids is 1. The van der Waals surface area contributed by atoms with E-state index in [-0.39, 0.29) is 11.9 Å². The van der Waals surface area contributed by atoms with Gasteiger partial charge in [0, 0.05) is 17.8 Å². The molecule has 1 aliphatic rings. The summed E-state index contributed by atoms with van der Waals surface area (Å²) in [5, 5.41) is 0. The number of ether oxygens (including phenoxy) is 2. The van der Waals surface area contributed by atoms with Crippen LogP contribution < -0.4 is 9.47 Å². The van der Waals surface area contributed by atoms with Gasteiger partial charge in [0.15, 0.2) is 11.6 Å². The van der Waals surface area contributed by atoms with Crippen LogP contribution in [0.4, 0.5) is 0 Å². The Morgan fingerprint density at radius 2 is 1.61 bits per heavy atom. The minimum Gasteiger partial charge on any atom is -0.478 e. The monoisotopic (exact) mass is 453 g/mol. The van der Waals surface area contributed by atoms with E-state index in [1.807, 2.05) is 12.1 Å². The zero-order valence-corrected chi connectivity index (χ0v) is 20.3. The maximum atomic E-state index is 12.6. The van der Waals surface area contributed by atoms with Crippen LogP contribution in [-0.4, -0.2) is 27.5 Å². The molecule has 0 atom stereocenters. The van der Waals surface area contributed by atoms with Crippen LogP contribution in [0.1, 0.15) is 90.9 Å². The van der Waals surface area contributed by atoms with Gasteiger partial charge in [0.05, 0.1) is 24.9 Å². The predicted octanol–water partition coefficient (Wildman–Crippen LogP) is 6.79. The molecule has 0 N–H and O–H groups in total. The molecule has 0 aliphatic heterocycles. The number of esters is 1. The fourth-order valence-electron chi connectivity index (χ4n) is 4.39. The van der Waals surface area contributed by atoms with Gasteiger partial charge in [-0.15, -0.1) is 0 Å². The molecular weight excluding hydrogens is 414 g/mol. The van der Waals surface area contributed by atoms with Crippen LogP contribution in [0.25, 0.3) is 11.4 Å². The van der Waals surface area contributed by atoms with Crippen molar-refractivity contribution in [3.63, 3.8) is 0 Å². The molecule has 33 heavy (non-hydrogen) atoms. The highest BCUT2D eigenvalue weighted by atomic mass is 16.5. The Morgan fingerprint density at radius 3 is 2.27 bits per heavy atom. The molecule has 0 saturated heterocycles. The van der Waals surface area contributed by atoms with Crippen molar-refractivity contribution in [3.05, 3.63) is 30.7 Å². The van der Waals surface area contributed by atoms with Gasteiger partial charge in [-0.1, -0.05) is 58.8 Å². The van der Waals surface area contributed by atoms with E-state index < -0.39 is 0 Å². The molecule has 3 rings (SSSR count). The molecule has 2 aromatic rings. The SMILES string of the molecule is CCCCCCOc1ccc(-c2ncc(OC(=O)C3CCC(CCCCC)CC3)cn2)cn1. The standard InChI is InChI=1S/C27H39N3O3/c1-3-5-7-9-17-32-25-16-15-23(18-28-25)26-29-19-24(20-30-26)33-27(31)22-13-11-21(12-14-22)10-8-6-4-2/h15-16,18-22H,3-14,17H2,1-2H3. The number of pyridine rings is 1. The van der Waals surface area contributed by atoms with E-state index in [4.69, 9.17) is 9.47 Å². The van der Waals surface area contributed by atoms with Crippen molar-refractivity contribution in [2.24, 2.45) is 11.8 Å². The molecule has 0 radical (unpaired) electrons. The second-order valence-corrected chi connectivity index (χ2v) is 9.17. The first-order chi connectivity index (χ1) is 16.2. The van der Waals surface area contributed by atoms with Gasteiger partial charge in [-0.25, -0.2) is 15.0 Å². The number of carbonyl (C=O) groups is 1. The fourth-order valence-corrected chi connectivity index (χ4v) is 4.39. The van der Waals surface area contributed by atoms with Crippen molar-refractivity contribution in [3.8, 4) is 23.0 Å². The quantitative estimate of drug-likeness (QED) is 0.245. The highest BCUT2D eigenvalue weighted by Crippen LogP contribution is 2.33. The Labute approximate surface area is 198 Å². The minimum atomic E-state index is -0.152. The number of aromatic nitrogens is 3. The molecule has 1 aliphatic carbocycles. The molecule has 2 aromatic heterocycles. The summed E-state index contributed by atoms with van der Waals surface area (Å²) in [4.78, 5) is 25.6. The summed E-state index contributed by atoms with van der Waals surface area (Å²) in [6.45, 7) is 5.12. The third-order valence-corrected chi connectivity index (χ3v) is 6.48. The van der Waals surface area contributed by atoms with Crippen molar-refractivity contribution in [1.82, 2.24) is 15.0 Å². The van der Waals surface area contributed by atoms with E-state index in [0.29, 0.717) is 24.1 Å². The highest BCUT2D eigenvalue weighted by molar-refractivity contribution is 5.75. The summed E-state index contributed by atoms with van der Waals surface area (Å²) in [6.07, 6.45) is 18.8. The Balaban J connectivity index is 1.43. The van der Waals surface area contributed by atoms with E-state index >= 15 is 0 Å². The summed E-state index contributed by atoms with van der Waals surface area (Å²) >= 11 is 0. The first kappa shape index (κ1) is 25.1. The van der Waals surface area contributed by atoms with Crippen LogP contribution in [0, 0.1) is 11.8 Å². The molecule has 6 heteroatoms. The summed E-state index contributed by atoms with van der Waals surface area (Å²) in [7, 11) is 0. The van der Waals surface area contributed by atoms with Gasteiger partial charge < -0.3 is 9.47 Å². The fraction of sp³-hybridized carbons (Fsp3) is 0.630. The third-order valence-electron chi connectivity index (χ3n) is 6.48. The second kappa shape index (κ2) is 13.9. The molecule has 1 fully saturated rings. The molecule has 6 nitrogen and oxygen atoms in total. The summed E-state index contributed by atoms with van der Waals surface area (Å²) in [5.74, 6) is 2.17. The number of nitrogens with zero attached hydrogens (tertiary/aromatic N) is 3. The summed E-state index contributed by atoms with van der Waals surface area (Å²) in [5.41, 5.74) is 0.799. The zero-order valence-electron chi connectivity index (χ0n) is 20.3. The average molecular weight is 454 g/mol. The smallest absolute Gasteiger partial charge is 0.314 e. The Bertz CT molecular complexity index is 816. The second-order valence-electron chi connectivity index (χ2n) is 9.17. The van der Waals surface area contributed by atoms with E-state index in [1.54, 1.807) is 18.6 Å². The number of rotatable bonds is 13. The lowest BCUT2D eigenvalue weighted by Crippen LogP contribution is -2.25. The largest absolute Gasteiger partial charge is 0.478 e. The molecule has 2 heterocycles. The minimum absolute atomic E-state index is 0.00850. The molecule has 180 valence electrons.